The maximum absolute atomic E-state index is 13.8. The van der Waals surface area contributed by atoms with E-state index in [1.165, 1.54) is 18.0 Å². The minimum atomic E-state index is -0.974. The summed E-state index contributed by atoms with van der Waals surface area (Å²) >= 11 is 0. The molecule has 0 radical (unpaired) electrons. The molecule has 1 aromatic carbocycles. The van der Waals surface area contributed by atoms with Crippen LogP contribution >= 0.6 is 0 Å². The van der Waals surface area contributed by atoms with E-state index < -0.39 is 23.4 Å². The molecule has 0 saturated carbocycles. The normalized spacial score (nSPS) is 16.5. The lowest BCUT2D eigenvalue weighted by Crippen LogP contribution is -2.38. The Kier molecular flexibility index (Phi) is 4.17. The Hall–Kier alpha value is -2.57. The average molecular weight is 336 g/mol. The maximum atomic E-state index is 13.8. The first-order valence-corrected chi connectivity index (χ1v) is 7.40. The quantitative estimate of drug-likeness (QED) is 0.798. The van der Waals surface area contributed by atoms with Gasteiger partial charge in [0.2, 0.25) is 0 Å². The second-order valence-corrected chi connectivity index (χ2v) is 5.70. The van der Waals surface area contributed by atoms with Crippen LogP contribution in [0, 0.1) is 23.4 Å². The van der Waals surface area contributed by atoms with Crippen LogP contribution in [-0.2, 0) is 16.1 Å². The Morgan fingerprint density at radius 2 is 2.00 bits per heavy atom. The third-order valence-electron chi connectivity index (χ3n) is 4.15. The van der Waals surface area contributed by atoms with Crippen LogP contribution in [0.3, 0.4) is 0 Å². The summed E-state index contributed by atoms with van der Waals surface area (Å²) in [6, 6.07) is 1.26. The molecule has 0 saturated heterocycles. The first-order chi connectivity index (χ1) is 11.4. The number of carbonyl (C=O) groups is 1. The van der Waals surface area contributed by atoms with Crippen molar-refractivity contribution in [2.75, 3.05) is 7.11 Å². The van der Waals surface area contributed by atoms with E-state index >= 15 is 0 Å². The molecule has 126 valence electrons. The number of aromatic nitrogens is 2. The van der Waals surface area contributed by atoms with E-state index in [0.717, 1.165) is 0 Å². The first kappa shape index (κ1) is 16.3. The van der Waals surface area contributed by atoms with Gasteiger partial charge >= 0.3 is 5.97 Å². The van der Waals surface area contributed by atoms with Gasteiger partial charge in [0, 0.05) is 22.9 Å². The predicted octanol–water partition coefficient (Wildman–Crippen LogP) is 1.49. The van der Waals surface area contributed by atoms with Gasteiger partial charge in [-0.15, -0.1) is 0 Å². The van der Waals surface area contributed by atoms with Gasteiger partial charge in [-0.2, -0.15) is 5.10 Å². The minimum absolute atomic E-state index is 0.0399. The van der Waals surface area contributed by atoms with Crippen molar-refractivity contribution >= 4 is 17.6 Å². The van der Waals surface area contributed by atoms with Crippen molar-refractivity contribution in [3.63, 3.8) is 0 Å². The number of hydrogen-bond donors (Lipinski definition) is 0. The van der Waals surface area contributed by atoms with Gasteiger partial charge in [-0.1, -0.05) is 13.0 Å². The third-order valence-corrected chi connectivity index (χ3v) is 4.15. The Morgan fingerprint density at radius 1 is 1.33 bits per heavy atom. The molecule has 1 aliphatic carbocycles. The van der Waals surface area contributed by atoms with E-state index in [-0.39, 0.29) is 18.0 Å². The van der Waals surface area contributed by atoms with Crippen molar-refractivity contribution < 1.29 is 22.7 Å². The molecule has 1 aromatic heterocycles. The molecule has 3 rings (SSSR count). The fourth-order valence-corrected chi connectivity index (χ4v) is 2.91. The zero-order valence-electron chi connectivity index (χ0n) is 13.1. The summed E-state index contributed by atoms with van der Waals surface area (Å²) < 4.78 is 46.9. The summed E-state index contributed by atoms with van der Waals surface area (Å²) in [5, 5.41) is 5.31. The lowest BCUT2D eigenvalue weighted by Gasteiger charge is -2.15. The van der Waals surface area contributed by atoms with E-state index in [1.807, 2.05) is 13.0 Å². The minimum Gasteiger partial charge on any atom is -0.466 e. The van der Waals surface area contributed by atoms with Crippen molar-refractivity contribution in [2.24, 2.45) is 5.92 Å². The number of nitrogens with zero attached hydrogens (tertiary/aromatic N) is 2. The van der Waals surface area contributed by atoms with E-state index in [0.29, 0.717) is 34.7 Å². The van der Waals surface area contributed by atoms with Gasteiger partial charge in [0.15, 0.2) is 0 Å². The second-order valence-electron chi connectivity index (χ2n) is 5.70. The molecule has 4 nitrogen and oxygen atoms in total. The van der Waals surface area contributed by atoms with Crippen LogP contribution in [0.4, 0.5) is 13.2 Å². The predicted molar refractivity (Wildman–Crippen MR) is 80.6 cm³/mol. The molecule has 0 fully saturated rings. The number of carbonyl (C=O) groups excluding carboxylic acids is 1. The molecule has 24 heavy (non-hydrogen) atoms. The highest BCUT2D eigenvalue weighted by atomic mass is 19.1. The van der Waals surface area contributed by atoms with Gasteiger partial charge < -0.3 is 4.74 Å². The molecular formula is C17H15F3N2O2. The molecule has 1 unspecified atom stereocenters. The number of fused-ring (bicyclic) bond motifs is 1. The first-order valence-electron chi connectivity index (χ1n) is 7.40. The van der Waals surface area contributed by atoms with E-state index in [1.54, 1.807) is 0 Å². The number of esters is 1. The summed E-state index contributed by atoms with van der Waals surface area (Å²) in [5.74, 6) is -3.41. The Bertz CT molecular complexity index is 911. The Morgan fingerprint density at radius 3 is 2.62 bits per heavy atom. The Labute approximate surface area is 135 Å². The number of ether oxygens (including phenoxy) is 1. The van der Waals surface area contributed by atoms with Crippen LogP contribution in [0.5, 0.6) is 0 Å². The molecule has 0 spiro atoms. The Balaban J connectivity index is 2.12. The van der Waals surface area contributed by atoms with E-state index in [2.05, 4.69) is 5.10 Å². The van der Waals surface area contributed by atoms with Gasteiger partial charge in [0.1, 0.15) is 17.5 Å². The smallest absolute Gasteiger partial charge is 0.334 e. The number of rotatable bonds is 3. The van der Waals surface area contributed by atoms with Gasteiger partial charge in [-0.25, -0.2) is 18.0 Å². The van der Waals surface area contributed by atoms with E-state index in [9.17, 15) is 18.0 Å². The van der Waals surface area contributed by atoms with E-state index in [4.69, 9.17) is 4.74 Å². The summed E-state index contributed by atoms with van der Waals surface area (Å²) in [7, 11) is 1.30. The van der Waals surface area contributed by atoms with Crippen LogP contribution in [0.25, 0.3) is 11.6 Å². The van der Waals surface area contributed by atoms with Gasteiger partial charge in [0.25, 0.3) is 0 Å². The lowest BCUT2D eigenvalue weighted by molar-refractivity contribution is -0.134. The van der Waals surface area contributed by atoms with Crippen LogP contribution in [0.2, 0.25) is 0 Å². The monoisotopic (exact) mass is 336 g/mol. The number of halogens is 3. The maximum Gasteiger partial charge on any atom is 0.334 e. The number of hydrogen-bond acceptors (Lipinski definition) is 3. The average Bonchev–Trinajstić information content (AvgIpc) is 2.92. The van der Waals surface area contributed by atoms with Crippen molar-refractivity contribution in [3.8, 4) is 0 Å². The standard InChI is InChI=1S/C17H15F3N2O2/c1-9-3-4-15-11(16(9)17(23)24-2)7-21-22(15)8-12-13(19)5-10(18)6-14(12)20/h4-7,9H,3,8H2,1-2H3. The molecule has 7 heteroatoms. The molecule has 1 atom stereocenters. The van der Waals surface area contributed by atoms with Crippen molar-refractivity contribution in [3.05, 3.63) is 51.9 Å². The molecule has 2 aromatic rings. The lowest BCUT2D eigenvalue weighted by atomic mass is 9.92. The molecule has 0 bridgehead atoms. The van der Waals surface area contributed by atoms with Gasteiger partial charge in [0.05, 0.1) is 30.8 Å². The van der Waals surface area contributed by atoms with Crippen molar-refractivity contribution in [2.45, 2.75) is 19.9 Å². The summed E-state index contributed by atoms with van der Waals surface area (Å²) in [6.45, 7) is 1.69. The van der Waals surface area contributed by atoms with Crippen LogP contribution in [0.15, 0.2) is 18.3 Å². The molecule has 0 amide bonds. The fourth-order valence-electron chi connectivity index (χ4n) is 2.91. The van der Waals surface area contributed by atoms with Crippen molar-refractivity contribution in [1.29, 1.82) is 0 Å². The molecular weight excluding hydrogens is 321 g/mol. The second kappa shape index (κ2) is 6.14. The molecule has 0 aliphatic heterocycles. The summed E-state index contributed by atoms with van der Waals surface area (Å²) in [6.07, 6.45) is 3.92. The summed E-state index contributed by atoms with van der Waals surface area (Å²) in [5.41, 5.74) is 0.204. The number of benzene rings is 1. The topological polar surface area (TPSA) is 44.1 Å². The van der Waals surface area contributed by atoms with Crippen LogP contribution in [0.1, 0.15) is 18.9 Å². The van der Waals surface area contributed by atoms with Crippen LogP contribution < -0.4 is 10.6 Å². The van der Waals surface area contributed by atoms with Gasteiger partial charge in [-0.05, 0) is 12.3 Å². The van der Waals surface area contributed by atoms with Gasteiger partial charge in [-0.3, -0.25) is 4.68 Å². The van der Waals surface area contributed by atoms with Crippen molar-refractivity contribution in [1.82, 2.24) is 9.78 Å². The summed E-state index contributed by atoms with van der Waals surface area (Å²) in [4.78, 5) is 12.0. The SMILES string of the molecule is COC(=O)C1=c2cnn(Cc3c(F)cc(F)cc3F)c2=CCC1C. The molecule has 1 aliphatic rings. The fraction of sp³-hybridized carbons (Fsp3) is 0.294. The highest BCUT2D eigenvalue weighted by molar-refractivity contribution is 6.10. The zero-order valence-corrected chi connectivity index (χ0v) is 13.1. The van der Waals surface area contributed by atoms with Crippen LogP contribution in [-0.4, -0.2) is 22.9 Å². The highest BCUT2D eigenvalue weighted by Gasteiger charge is 2.23. The number of methoxy groups -OCH3 is 1. The highest BCUT2D eigenvalue weighted by Crippen LogP contribution is 2.19. The molecule has 1 heterocycles. The largest absolute Gasteiger partial charge is 0.466 e. The zero-order chi connectivity index (χ0) is 17.4. The molecule has 0 N–H and O–H groups in total. The third kappa shape index (κ3) is 2.70.